The normalized spacial score (nSPS) is 14.6. The Bertz CT molecular complexity index is 892. The van der Waals surface area contributed by atoms with Crippen LogP contribution in [0, 0.1) is 6.92 Å². The third kappa shape index (κ3) is 4.48. The van der Waals surface area contributed by atoms with Gasteiger partial charge in [0.1, 0.15) is 0 Å². The van der Waals surface area contributed by atoms with Crippen molar-refractivity contribution >= 4 is 18.3 Å². The summed E-state index contributed by atoms with van der Waals surface area (Å²) >= 11 is 0. The Morgan fingerprint density at radius 2 is 1.85 bits per heavy atom. The number of halogens is 4. The maximum Gasteiger partial charge on any atom is 0.416 e. The van der Waals surface area contributed by atoms with Gasteiger partial charge in [0.25, 0.3) is 5.91 Å². The first-order chi connectivity index (χ1) is 12.3. The van der Waals surface area contributed by atoms with E-state index in [1.165, 1.54) is 27.8 Å². The third-order valence-electron chi connectivity index (χ3n) is 4.13. The second-order valence-electron chi connectivity index (χ2n) is 6.00. The number of amides is 1. The van der Waals surface area contributed by atoms with Crippen molar-refractivity contribution in [1.29, 1.82) is 0 Å². The molecule has 2 aromatic rings. The lowest BCUT2D eigenvalue weighted by Crippen LogP contribution is -2.48. The molecule has 27 heavy (non-hydrogen) atoms. The molecule has 1 aliphatic rings. The molecular weight excluding hydrogens is 385 g/mol. The molecule has 2 heterocycles. The number of alkyl halides is 3. The fraction of sp³-hybridized carbons (Fsp3) is 0.353. The summed E-state index contributed by atoms with van der Waals surface area (Å²) in [5.74, 6) is -0.516. The van der Waals surface area contributed by atoms with Crippen molar-refractivity contribution in [3.8, 4) is 5.69 Å². The van der Waals surface area contributed by atoms with Gasteiger partial charge < -0.3 is 10.2 Å². The zero-order valence-corrected chi connectivity index (χ0v) is 15.2. The van der Waals surface area contributed by atoms with E-state index < -0.39 is 23.1 Å². The van der Waals surface area contributed by atoms with Crippen molar-refractivity contribution in [3.63, 3.8) is 0 Å². The number of hydrogen-bond donors (Lipinski definition) is 1. The van der Waals surface area contributed by atoms with Crippen molar-refractivity contribution in [2.75, 3.05) is 26.2 Å². The summed E-state index contributed by atoms with van der Waals surface area (Å²) in [4.78, 5) is 26.3. The smallest absolute Gasteiger partial charge is 0.335 e. The molecule has 10 heteroatoms. The molecule has 1 aromatic heterocycles. The lowest BCUT2D eigenvalue weighted by molar-refractivity contribution is -0.137. The van der Waals surface area contributed by atoms with E-state index in [9.17, 15) is 22.8 Å². The standard InChI is InChI=1S/C17H17F3N4O2.ClH/c1-11-9-14(25)15(16(26)23-7-5-21-6-8-23)22-24(11)13-4-2-3-12(10-13)17(18,19)20;/h2-4,9-10,21H,5-8H2,1H3;1H. The number of benzene rings is 1. The van der Waals surface area contributed by atoms with Gasteiger partial charge in [-0.1, -0.05) is 6.07 Å². The van der Waals surface area contributed by atoms with Crippen molar-refractivity contribution in [3.05, 3.63) is 57.5 Å². The summed E-state index contributed by atoms with van der Waals surface area (Å²) in [6.07, 6.45) is -4.50. The van der Waals surface area contributed by atoms with Crippen LogP contribution in [0.1, 0.15) is 21.7 Å². The summed E-state index contributed by atoms with van der Waals surface area (Å²) in [6, 6.07) is 5.80. The van der Waals surface area contributed by atoms with Gasteiger partial charge in [-0.05, 0) is 25.1 Å². The predicted octanol–water partition coefficient (Wildman–Crippen LogP) is 2.03. The quantitative estimate of drug-likeness (QED) is 0.834. The van der Waals surface area contributed by atoms with E-state index >= 15 is 0 Å². The summed E-state index contributed by atoms with van der Waals surface area (Å²) in [6.45, 7) is 3.65. The zero-order valence-electron chi connectivity index (χ0n) is 14.4. The first-order valence-corrected chi connectivity index (χ1v) is 8.06. The highest BCUT2D eigenvalue weighted by atomic mass is 35.5. The van der Waals surface area contributed by atoms with Gasteiger partial charge in [0, 0.05) is 37.9 Å². The van der Waals surface area contributed by atoms with Crippen LogP contribution >= 0.6 is 12.4 Å². The lowest BCUT2D eigenvalue weighted by atomic mass is 10.2. The molecule has 6 nitrogen and oxygen atoms in total. The second-order valence-corrected chi connectivity index (χ2v) is 6.00. The van der Waals surface area contributed by atoms with Crippen molar-refractivity contribution in [2.45, 2.75) is 13.1 Å². The van der Waals surface area contributed by atoms with Gasteiger partial charge in [-0.25, -0.2) is 4.68 Å². The summed E-state index contributed by atoms with van der Waals surface area (Å²) < 4.78 is 40.0. The monoisotopic (exact) mass is 402 g/mol. The van der Waals surface area contributed by atoms with E-state index in [1.54, 1.807) is 6.92 Å². The summed E-state index contributed by atoms with van der Waals surface area (Å²) in [7, 11) is 0. The minimum absolute atomic E-state index is 0. The molecule has 1 saturated heterocycles. The Kier molecular flexibility index (Phi) is 6.27. The van der Waals surface area contributed by atoms with E-state index in [0.29, 0.717) is 31.9 Å². The Morgan fingerprint density at radius 3 is 2.48 bits per heavy atom. The predicted molar refractivity (Wildman–Crippen MR) is 95.6 cm³/mol. The van der Waals surface area contributed by atoms with Gasteiger partial charge in [-0.15, -0.1) is 12.4 Å². The average Bonchev–Trinajstić information content (AvgIpc) is 2.61. The van der Waals surface area contributed by atoms with E-state index in [1.807, 2.05) is 0 Å². The van der Waals surface area contributed by atoms with Crippen molar-refractivity contribution in [2.24, 2.45) is 0 Å². The number of nitrogens with one attached hydrogen (secondary N) is 1. The molecule has 0 aliphatic carbocycles. The summed E-state index contributed by atoms with van der Waals surface area (Å²) in [5.41, 5.74) is -1.20. The van der Waals surface area contributed by atoms with Crippen LogP contribution in [0.15, 0.2) is 35.1 Å². The number of carbonyl (C=O) groups excluding carboxylic acids is 1. The molecule has 0 unspecified atom stereocenters. The van der Waals surface area contributed by atoms with Crippen molar-refractivity contribution in [1.82, 2.24) is 20.0 Å². The van der Waals surface area contributed by atoms with Crippen LogP contribution in [0.2, 0.25) is 0 Å². The SMILES string of the molecule is Cc1cc(=O)c(C(=O)N2CCNCC2)nn1-c1cccc(C(F)(F)F)c1.Cl. The van der Waals surface area contributed by atoms with Gasteiger partial charge in [-0.2, -0.15) is 18.3 Å². The third-order valence-corrected chi connectivity index (χ3v) is 4.13. The highest BCUT2D eigenvalue weighted by Crippen LogP contribution is 2.30. The van der Waals surface area contributed by atoms with Gasteiger partial charge in [0.15, 0.2) is 5.69 Å². The van der Waals surface area contributed by atoms with Crippen LogP contribution < -0.4 is 10.7 Å². The number of piperazine rings is 1. The van der Waals surface area contributed by atoms with E-state index in [-0.39, 0.29) is 23.8 Å². The number of aromatic nitrogens is 2. The van der Waals surface area contributed by atoms with Crippen LogP contribution in [0.5, 0.6) is 0 Å². The van der Waals surface area contributed by atoms with Crippen LogP contribution in [-0.4, -0.2) is 46.8 Å². The molecule has 0 saturated carbocycles. The molecule has 1 aliphatic heterocycles. The fourth-order valence-electron chi connectivity index (χ4n) is 2.79. The van der Waals surface area contributed by atoms with Crippen molar-refractivity contribution < 1.29 is 18.0 Å². The average molecular weight is 403 g/mol. The van der Waals surface area contributed by atoms with Gasteiger partial charge >= 0.3 is 6.18 Å². The maximum atomic E-state index is 13.0. The van der Waals surface area contributed by atoms with Gasteiger partial charge in [0.05, 0.1) is 11.3 Å². The van der Waals surface area contributed by atoms with Crippen LogP contribution in [-0.2, 0) is 6.18 Å². The molecule has 1 aromatic carbocycles. The molecule has 146 valence electrons. The lowest BCUT2D eigenvalue weighted by Gasteiger charge is -2.27. The highest BCUT2D eigenvalue weighted by Gasteiger charge is 2.31. The number of hydrogen-bond acceptors (Lipinski definition) is 4. The molecule has 1 N–H and O–H groups in total. The van der Waals surface area contributed by atoms with Gasteiger partial charge in [0.2, 0.25) is 5.43 Å². The van der Waals surface area contributed by atoms with E-state index in [2.05, 4.69) is 10.4 Å². The molecule has 0 atom stereocenters. The van der Waals surface area contributed by atoms with Crippen LogP contribution in [0.25, 0.3) is 5.69 Å². The first-order valence-electron chi connectivity index (χ1n) is 8.06. The largest absolute Gasteiger partial charge is 0.416 e. The molecule has 3 rings (SSSR count). The summed E-state index contributed by atoms with van der Waals surface area (Å²) in [5, 5.41) is 7.16. The number of aryl methyl sites for hydroxylation is 1. The Morgan fingerprint density at radius 1 is 1.19 bits per heavy atom. The zero-order chi connectivity index (χ0) is 18.9. The van der Waals surface area contributed by atoms with E-state index in [4.69, 9.17) is 0 Å². The topological polar surface area (TPSA) is 67.2 Å². The Labute approximate surface area is 159 Å². The molecule has 0 spiro atoms. The first kappa shape index (κ1) is 20.9. The minimum Gasteiger partial charge on any atom is -0.335 e. The highest BCUT2D eigenvalue weighted by molar-refractivity contribution is 5.92. The Balaban J connectivity index is 0.00000261. The molecular formula is C17H18ClF3N4O2. The van der Waals surface area contributed by atoms with Crippen LogP contribution in [0.3, 0.4) is 0 Å². The molecule has 1 amide bonds. The second kappa shape index (κ2) is 8.10. The molecule has 1 fully saturated rings. The maximum absolute atomic E-state index is 13.0. The van der Waals surface area contributed by atoms with Gasteiger partial charge in [-0.3, -0.25) is 9.59 Å². The Hall–Kier alpha value is -2.39. The number of nitrogens with zero attached hydrogens (tertiary/aromatic N) is 3. The molecule has 0 radical (unpaired) electrons. The fourth-order valence-corrected chi connectivity index (χ4v) is 2.79. The molecule has 0 bridgehead atoms. The number of carbonyl (C=O) groups is 1. The minimum atomic E-state index is -4.50. The van der Waals surface area contributed by atoms with E-state index in [0.717, 1.165) is 12.1 Å². The number of rotatable bonds is 2. The van der Waals surface area contributed by atoms with Crippen LogP contribution in [0.4, 0.5) is 13.2 Å².